The van der Waals surface area contributed by atoms with Crippen LogP contribution in [0.25, 0.3) is 5.52 Å². The third-order valence-corrected chi connectivity index (χ3v) is 5.42. The van der Waals surface area contributed by atoms with Crippen molar-refractivity contribution in [3.63, 3.8) is 0 Å². The molecule has 27 heavy (non-hydrogen) atoms. The van der Waals surface area contributed by atoms with Gasteiger partial charge in [-0.2, -0.15) is 5.10 Å². The fraction of sp³-hybridized carbons (Fsp3) is 0.250. The molecule has 4 rings (SSSR count). The number of carbonyl (C=O) groups excluding carboxylic acids is 2. The van der Waals surface area contributed by atoms with Crippen LogP contribution in [0.5, 0.6) is 0 Å². The zero-order valence-electron chi connectivity index (χ0n) is 15.1. The molecule has 0 spiro atoms. The molecular weight excluding hydrogens is 408 g/mol. The van der Waals surface area contributed by atoms with E-state index >= 15 is 0 Å². The third-order valence-electron chi connectivity index (χ3n) is 4.95. The maximum absolute atomic E-state index is 13.1. The Bertz CT molecular complexity index is 1060. The zero-order chi connectivity index (χ0) is 19.1. The van der Waals surface area contributed by atoms with Crippen molar-refractivity contribution >= 4 is 38.9 Å². The first-order valence-corrected chi connectivity index (χ1v) is 9.58. The molecule has 1 aromatic carbocycles. The summed E-state index contributed by atoms with van der Waals surface area (Å²) in [6, 6.07) is 11.4. The predicted octanol–water partition coefficient (Wildman–Crippen LogP) is 3.81. The van der Waals surface area contributed by atoms with Gasteiger partial charge in [0.2, 0.25) is 5.91 Å². The van der Waals surface area contributed by atoms with E-state index in [-0.39, 0.29) is 17.9 Å². The van der Waals surface area contributed by atoms with Crippen LogP contribution in [0.1, 0.15) is 41.5 Å². The van der Waals surface area contributed by atoms with Crippen molar-refractivity contribution in [3.05, 3.63) is 63.9 Å². The molecule has 6 nitrogen and oxygen atoms in total. The number of carbonyl (C=O) groups is 2. The fourth-order valence-electron chi connectivity index (χ4n) is 3.67. The van der Waals surface area contributed by atoms with E-state index in [2.05, 4.69) is 26.3 Å². The highest BCUT2D eigenvalue weighted by atomic mass is 79.9. The fourth-order valence-corrected chi connectivity index (χ4v) is 3.99. The molecule has 0 saturated heterocycles. The normalized spacial score (nSPS) is 16.3. The number of halogens is 1. The Morgan fingerprint density at radius 2 is 2.07 bits per heavy atom. The highest BCUT2D eigenvalue weighted by Crippen LogP contribution is 2.34. The van der Waals surface area contributed by atoms with Gasteiger partial charge in [-0.25, -0.2) is 4.52 Å². The molecule has 0 saturated carbocycles. The maximum atomic E-state index is 13.1. The lowest BCUT2D eigenvalue weighted by molar-refractivity contribution is -0.114. The first kappa shape index (κ1) is 17.7. The summed E-state index contributed by atoms with van der Waals surface area (Å²) < 4.78 is 2.61. The molecule has 0 radical (unpaired) electrons. The molecule has 138 valence electrons. The van der Waals surface area contributed by atoms with E-state index < -0.39 is 0 Å². The lowest BCUT2D eigenvalue weighted by Crippen LogP contribution is -2.39. The van der Waals surface area contributed by atoms with Crippen molar-refractivity contribution in [1.82, 2.24) is 14.5 Å². The molecule has 1 atom stereocenters. The lowest BCUT2D eigenvalue weighted by Gasteiger charge is -2.35. The van der Waals surface area contributed by atoms with Gasteiger partial charge in [-0.05, 0) is 64.7 Å². The summed E-state index contributed by atoms with van der Waals surface area (Å²) in [5, 5.41) is 7.32. The maximum Gasteiger partial charge on any atom is 0.274 e. The minimum absolute atomic E-state index is 0.0853. The Morgan fingerprint density at radius 1 is 1.26 bits per heavy atom. The lowest BCUT2D eigenvalue weighted by atomic mass is 9.91. The number of anilines is 1. The molecule has 3 heterocycles. The Labute approximate surface area is 165 Å². The van der Waals surface area contributed by atoms with E-state index in [4.69, 9.17) is 0 Å². The topological polar surface area (TPSA) is 66.7 Å². The van der Waals surface area contributed by atoms with Crippen LogP contribution in [-0.2, 0) is 11.2 Å². The Hall–Kier alpha value is -2.67. The number of hydrogen-bond donors (Lipinski definition) is 1. The average Bonchev–Trinajstić information content (AvgIpc) is 3.05. The monoisotopic (exact) mass is 426 g/mol. The van der Waals surface area contributed by atoms with E-state index in [1.807, 2.05) is 54.4 Å². The summed E-state index contributed by atoms with van der Waals surface area (Å²) >= 11 is 3.42. The highest BCUT2D eigenvalue weighted by Gasteiger charge is 2.30. The molecular formula is C20H19BrN4O2. The third kappa shape index (κ3) is 3.23. The minimum Gasteiger partial charge on any atom is -0.330 e. The number of benzene rings is 1. The zero-order valence-corrected chi connectivity index (χ0v) is 16.7. The van der Waals surface area contributed by atoms with E-state index in [1.165, 1.54) is 6.92 Å². The number of pyridine rings is 1. The van der Waals surface area contributed by atoms with Crippen molar-refractivity contribution in [3.8, 4) is 0 Å². The second-order valence-electron chi connectivity index (χ2n) is 6.73. The van der Waals surface area contributed by atoms with Crippen LogP contribution in [0.15, 0.2) is 47.1 Å². The van der Waals surface area contributed by atoms with E-state index in [0.29, 0.717) is 18.7 Å². The van der Waals surface area contributed by atoms with Crippen LogP contribution in [0, 0.1) is 0 Å². The van der Waals surface area contributed by atoms with Gasteiger partial charge < -0.3 is 10.2 Å². The first-order valence-electron chi connectivity index (χ1n) is 8.79. The summed E-state index contributed by atoms with van der Waals surface area (Å²) in [5.41, 5.74) is 4.30. The van der Waals surface area contributed by atoms with Crippen LogP contribution in [0.4, 0.5) is 5.69 Å². The molecule has 1 unspecified atom stereocenters. The average molecular weight is 427 g/mol. The van der Waals surface area contributed by atoms with E-state index in [0.717, 1.165) is 26.8 Å². The molecule has 1 N–H and O–H groups in total. The summed E-state index contributed by atoms with van der Waals surface area (Å²) in [7, 11) is 0. The largest absolute Gasteiger partial charge is 0.330 e. The van der Waals surface area contributed by atoms with Crippen molar-refractivity contribution in [2.45, 2.75) is 26.3 Å². The van der Waals surface area contributed by atoms with Crippen molar-refractivity contribution < 1.29 is 9.59 Å². The Balaban J connectivity index is 1.65. The van der Waals surface area contributed by atoms with E-state index in [1.54, 1.807) is 4.52 Å². The Kier molecular flexibility index (Phi) is 4.47. The second kappa shape index (κ2) is 6.81. The molecule has 1 aliphatic heterocycles. The van der Waals surface area contributed by atoms with Crippen LogP contribution in [0.2, 0.25) is 0 Å². The van der Waals surface area contributed by atoms with Crippen molar-refractivity contribution in [1.29, 1.82) is 0 Å². The van der Waals surface area contributed by atoms with Crippen molar-refractivity contribution in [2.24, 2.45) is 0 Å². The SMILES string of the molecule is CC(=O)Nc1cccc2c1CCN(C(=O)c1cc3ccc(Br)cn3n1)C2C. The van der Waals surface area contributed by atoms with Gasteiger partial charge in [0.25, 0.3) is 5.91 Å². The number of nitrogens with one attached hydrogen (secondary N) is 1. The summed E-state index contributed by atoms with van der Waals surface area (Å²) in [6.45, 7) is 4.10. The van der Waals surface area contributed by atoms with Crippen molar-refractivity contribution in [2.75, 3.05) is 11.9 Å². The van der Waals surface area contributed by atoms with Crippen LogP contribution >= 0.6 is 15.9 Å². The summed E-state index contributed by atoms with van der Waals surface area (Å²) in [6.07, 6.45) is 2.53. The number of aromatic nitrogens is 2. The summed E-state index contributed by atoms with van der Waals surface area (Å²) in [4.78, 5) is 26.4. The minimum atomic E-state index is -0.0922. The van der Waals surface area contributed by atoms with Gasteiger partial charge in [-0.15, -0.1) is 0 Å². The highest BCUT2D eigenvalue weighted by molar-refractivity contribution is 9.10. The van der Waals surface area contributed by atoms with Gasteiger partial charge in [0.1, 0.15) is 0 Å². The standard InChI is InChI=1S/C20H19BrN4O2/c1-12-16-4-3-5-18(22-13(2)26)17(16)8-9-24(12)20(27)19-10-15-7-6-14(21)11-25(15)23-19/h3-7,10-12H,8-9H2,1-2H3,(H,22,26). The quantitative estimate of drug-likeness (QED) is 0.677. The molecule has 2 amide bonds. The van der Waals surface area contributed by atoms with Gasteiger partial charge >= 0.3 is 0 Å². The summed E-state index contributed by atoms with van der Waals surface area (Å²) in [5.74, 6) is -0.177. The molecule has 1 aliphatic rings. The smallest absolute Gasteiger partial charge is 0.274 e. The van der Waals surface area contributed by atoms with Gasteiger partial charge in [0.15, 0.2) is 5.69 Å². The number of nitrogens with zero attached hydrogens (tertiary/aromatic N) is 3. The van der Waals surface area contributed by atoms with Gasteiger partial charge in [-0.3, -0.25) is 9.59 Å². The molecule has 2 aromatic heterocycles. The number of fused-ring (bicyclic) bond motifs is 2. The van der Waals surface area contributed by atoms with Gasteiger partial charge in [0, 0.05) is 29.8 Å². The Morgan fingerprint density at radius 3 is 2.85 bits per heavy atom. The predicted molar refractivity (Wildman–Crippen MR) is 107 cm³/mol. The van der Waals surface area contributed by atoms with Gasteiger partial charge in [0.05, 0.1) is 11.6 Å². The number of amides is 2. The van der Waals surface area contributed by atoms with Gasteiger partial charge in [-0.1, -0.05) is 12.1 Å². The van der Waals surface area contributed by atoms with E-state index in [9.17, 15) is 9.59 Å². The molecule has 0 aliphatic carbocycles. The molecule has 0 bridgehead atoms. The molecule has 7 heteroatoms. The first-order chi connectivity index (χ1) is 12.9. The van der Waals surface area contributed by atoms with Crippen LogP contribution in [-0.4, -0.2) is 32.9 Å². The number of hydrogen-bond acceptors (Lipinski definition) is 3. The number of rotatable bonds is 2. The van der Waals surface area contributed by atoms with Crippen LogP contribution in [0.3, 0.4) is 0 Å². The molecule has 0 fully saturated rings. The second-order valence-corrected chi connectivity index (χ2v) is 7.64. The van der Waals surface area contributed by atoms with Crippen LogP contribution < -0.4 is 5.32 Å². The molecule has 3 aromatic rings.